The molecule has 1 aliphatic rings. The van der Waals surface area contributed by atoms with Crippen molar-refractivity contribution in [2.75, 3.05) is 12.3 Å². The van der Waals surface area contributed by atoms with Crippen LogP contribution in [0.5, 0.6) is 0 Å². The summed E-state index contributed by atoms with van der Waals surface area (Å²) in [4.78, 5) is 30.9. The van der Waals surface area contributed by atoms with Crippen LogP contribution in [-0.2, 0) is 24.7 Å². The molecule has 1 amide bonds. The van der Waals surface area contributed by atoms with E-state index in [1.165, 1.54) is 22.2 Å². The highest BCUT2D eigenvalue weighted by Gasteiger charge is 2.22. The van der Waals surface area contributed by atoms with Crippen LogP contribution in [0.25, 0.3) is 10.2 Å². The fourth-order valence-electron chi connectivity index (χ4n) is 2.60. The number of thioether (sulfide) groups is 1. The quantitative estimate of drug-likeness (QED) is 0.515. The summed E-state index contributed by atoms with van der Waals surface area (Å²) in [5, 5.41) is 4.08. The number of hydrogen-bond acceptors (Lipinski definition) is 5. The summed E-state index contributed by atoms with van der Waals surface area (Å²) in [6, 6.07) is 0. The Morgan fingerprint density at radius 3 is 3.14 bits per heavy atom. The second-order valence-corrected chi connectivity index (χ2v) is 7.20. The van der Waals surface area contributed by atoms with E-state index in [1.807, 2.05) is 0 Å². The lowest BCUT2D eigenvalue weighted by molar-refractivity contribution is -0.118. The molecule has 0 spiro atoms. The van der Waals surface area contributed by atoms with E-state index < -0.39 is 0 Å². The topological polar surface area (TPSA) is 64.0 Å². The van der Waals surface area contributed by atoms with Gasteiger partial charge in [-0.3, -0.25) is 14.2 Å². The van der Waals surface area contributed by atoms with E-state index in [0.717, 1.165) is 29.5 Å². The molecule has 2 heterocycles. The molecule has 0 saturated carbocycles. The van der Waals surface area contributed by atoms with Gasteiger partial charge in [-0.05, 0) is 24.8 Å². The molecular weight excluding hydrogens is 318 g/mol. The monoisotopic (exact) mass is 335 g/mol. The fourth-order valence-corrected chi connectivity index (χ4v) is 4.71. The molecule has 3 rings (SSSR count). The van der Waals surface area contributed by atoms with Gasteiger partial charge in [-0.2, -0.15) is 0 Å². The van der Waals surface area contributed by atoms with Gasteiger partial charge in [0.1, 0.15) is 4.83 Å². The number of carbonyl (C=O) groups is 1. The molecule has 0 atom stereocenters. The van der Waals surface area contributed by atoms with Crippen molar-refractivity contribution in [1.82, 2.24) is 14.9 Å². The molecule has 0 unspecified atom stereocenters. The number of fused-ring (bicyclic) bond motifs is 3. The molecule has 0 bridgehead atoms. The number of aromatic nitrogens is 2. The molecule has 1 N–H and O–H groups in total. The van der Waals surface area contributed by atoms with Crippen molar-refractivity contribution >= 4 is 39.2 Å². The Morgan fingerprint density at radius 2 is 2.36 bits per heavy atom. The zero-order chi connectivity index (χ0) is 15.7. The van der Waals surface area contributed by atoms with Crippen molar-refractivity contribution in [1.29, 1.82) is 0 Å². The minimum atomic E-state index is -0.0899. The van der Waals surface area contributed by atoms with Gasteiger partial charge in [-0.15, -0.1) is 17.9 Å². The molecule has 2 aromatic heterocycles. The van der Waals surface area contributed by atoms with Crippen LogP contribution < -0.4 is 10.9 Å². The summed E-state index contributed by atoms with van der Waals surface area (Å²) in [7, 11) is 1.72. The van der Waals surface area contributed by atoms with Gasteiger partial charge >= 0.3 is 0 Å². The van der Waals surface area contributed by atoms with Gasteiger partial charge in [0.25, 0.3) is 5.56 Å². The van der Waals surface area contributed by atoms with Crippen LogP contribution in [0, 0.1) is 0 Å². The molecule has 5 nitrogen and oxygen atoms in total. The Balaban J connectivity index is 1.88. The molecule has 0 aliphatic heterocycles. The summed E-state index contributed by atoms with van der Waals surface area (Å²) < 4.78 is 1.55. The highest BCUT2D eigenvalue weighted by Crippen LogP contribution is 2.35. The SMILES string of the molecule is C=CCNC(=O)CSc1nc2sc3c(c2c(=O)n1C)CCC3. The van der Waals surface area contributed by atoms with Crippen LogP contribution in [0.15, 0.2) is 22.6 Å². The molecule has 0 radical (unpaired) electrons. The Morgan fingerprint density at radius 1 is 1.55 bits per heavy atom. The lowest BCUT2D eigenvalue weighted by Gasteiger charge is -2.07. The van der Waals surface area contributed by atoms with Crippen molar-refractivity contribution in [3.8, 4) is 0 Å². The first-order valence-electron chi connectivity index (χ1n) is 7.13. The molecule has 1 aliphatic carbocycles. The van der Waals surface area contributed by atoms with Crippen molar-refractivity contribution in [2.45, 2.75) is 24.4 Å². The zero-order valence-corrected chi connectivity index (χ0v) is 14.0. The maximum absolute atomic E-state index is 12.6. The summed E-state index contributed by atoms with van der Waals surface area (Å²) in [5.74, 6) is 0.151. The standard InChI is InChI=1S/C15H17N3O2S2/c1-3-7-16-11(19)8-21-15-17-13-12(14(20)18(15)2)9-5-4-6-10(9)22-13/h3H,1,4-8H2,2H3,(H,16,19). The average molecular weight is 335 g/mol. The number of aryl methyl sites for hydroxylation is 2. The van der Waals surface area contributed by atoms with Gasteiger partial charge in [0, 0.05) is 18.5 Å². The molecule has 0 saturated heterocycles. The number of amides is 1. The van der Waals surface area contributed by atoms with Crippen LogP contribution >= 0.6 is 23.1 Å². The minimum Gasteiger partial charge on any atom is -0.352 e. The van der Waals surface area contributed by atoms with Crippen molar-refractivity contribution in [2.24, 2.45) is 7.05 Å². The maximum atomic E-state index is 12.6. The van der Waals surface area contributed by atoms with Crippen LogP contribution in [0.4, 0.5) is 0 Å². The smallest absolute Gasteiger partial charge is 0.262 e. The first-order chi connectivity index (χ1) is 10.6. The number of rotatable bonds is 5. The third-order valence-corrected chi connectivity index (χ3v) is 5.90. The Bertz CT molecular complexity index is 807. The molecule has 0 fully saturated rings. The molecule has 2 aromatic rings. The second kappa shape index (κ2) is 6.26. The number of hydrogen-bond donors (Lipinski definition) is 1. The second-order valence-electron chi connectivity index (χ2n) is 5.18. The van der Waals surface area contributed by atoms with Gasteiger partial charge < -0.3 is 5.32 Å². The van der Waals surface area contributed by atoms with E-state index in [0.29, 0.717) is 11.7 Å². The summed E-state index contributed by atoms with van der Waals surface area (Å²) in [6.07, 6.45) is 4.78. The first kappa shape index (κ1) is 15.3. The van der Waals surface area contributed by atoms with Gasteiger partial charge in [0.15, 0.2) is 5.16 Å². The predicted molar refractivity (Wildman–Crippen MR) is 90.8 cm³/mol. The number of thiophene rings is 1. The van der Waals surface area contributed by atoms with E-state index in [2.05, 4.69) is 16.9 Å². The van der Waals surface area contributed by atoms with E-state index in [4.69, 9.17) is 0 Å². The maximum Gasteiger partial charge on any atom is 0.262 e. The summed E-state index contributed by atoms with van der Waals surface area (Å²) in [5.41, 5.74) is 1.19. The predicted octanol–water partition coefficient (Wildman–Crippen LogP) is 1.88. The zero-order valence-electron chi connectivity index (χ0n) is 12.3. The molecule has 116 valence electrons. The molecular formula is C15H17N3O2S2. The van der Waals surface area contributed by atoms with Crippen molar-refractivity contribution in [3.05, 3.63) is 33.4 Å². The lowest BCUT2D eigenvalue weighted by Crippen LogP contribution is -2.26. The largest absolute Gasteiger partial charge is 0.352 e. The van der Waals surface area contributed by atoms with Gasteiger partial charge in [0.05, 0.1) is 11.1 Å². The van der Waals surface area contributed by atoms with E-state index in [9.17, 15) is 9.59 Å². The van der Waals surface area contributed by atoms with Crippen LogP contribution in [0.1, 0.15) is 16.9 Å². The van der Waals surface area contributed by atoms with Crippen LogP contribution in [-0.4, -0.2) is 27.8 Å². The lowest BCUT2D eigenvalue weighted by atomic mass is 10.2. The highest BCUT2D eigenvalue weighted by molar-refractivity contribution is 7.99. The normalized spacial score (nSPS) is 13.3. The Hall–Kier alpha value is -1.60. The van der Waals surface area contributed by atoms with Crippen LogP contribution in [0.3, 0.4) is 0 Å². The Kier molecular flexibility index (Phi) is 4.35. The summed E-state index contributed by atoms with van der Waals surface area (Å²) in [6.45, 7) is 4.00. The highest BCUT2D eigenvalue weighted by atomic mass is 32.2. The third-order valence-electron chi connectivity index (χ3n) is 3.68. The van der Waals surface area contributed by atoms with Crippen molar-refractivity contribution in [3.63, 3.8) is 0 Å². The van der Waals surface area contributed by atoms with Gasteiger partial charge in [-0.25, -0.2) is 4.98 Å². The Labute approximate surface area is 136 Å². The van der Waals surface area contributed by atoms with Crippen LogP contribution in [0.2, 0.25) is 0 Å². The van der Waals surface area contributed by atoms with E-state index in [-0.39, 0.29) is 17.2 Å². The summed E-state index contributed by atoms with van der Waals surface area (Å²) >= 11 is 2.91. The minimum absolute atomic E-state index is 0.00148. The molecule has 22 heavy (non-hydrogen) atoms. The average Bonchev–Trinajstić information content (AvgIpc) is 3.07. The number of carbonyl (C=O) groups excluding carboxylic acids is 1. The third kappa shape index (κ3) is 2.70. The van der Waals surface area contributed by atoms with Gasteiger partial charge in [0.2, 0.25) is 5.91 Å². The number of nitrogens with zero attached hydrogens (tertiary/aromatic N) is 2. The molecule has 7 heteroatoms. The van der Waals surface area contributed by atoms with Gasteiger partial charge in [-0.1, -0.05) is 17.8 Å². The van der Waals surface area contributed by atoms with Crippen molar-refractivity contribution < 1.29 is 4.79 Å². The first-order valence-corrected chi connectivity index (χ1v) is 8.93. The van der Waals surface area contributed by atoms with E-state index >= 15 is 0 Å². The fraction of sp³-hybridized carbons (Fsp3) is 0.400. The van der Waals surface area contributed by atoms with E-state index in [1.54, 1.807) is 29.0 Å². The molecule has 0 aromatic carbocycles. The number of nitrogens with one attached hydrogen (secondary N) is 1.